The van der Waals surface area contributed by atoms with Crippen molar-refractivity contribution in [3.05, 3.63) is 76.5 Å². The molecule has 9 rings (SSSR count). The maximum absolute atomic E-state index is 15.2. The van der Waals surface area contributed by atoms with Crippen molar-refractivity contribution in [1.82, 2.24) is 14.8 Å². The number of aliphatic hydroxyl groups is 4. The number of para-hydroxylation sites is 1. The molecule has 5 aliphatic heterocycles. The van der Waals surface area contributed by atoms with E-state index in [0.29, 0.717) is 82.4 Å². The number of fused-ring (bicyclic) bond motifs is 6. The molecule has 6 heterocycles. The summed E-state index contributed by atoms with van der Waals surface area (Å²) in [4.78, 5) is 39.6. The lowest BCUT2D eigenvalue weighted by molar-refractivity contribution is -0.218. The van der Waals surface area contributed by atoms with Crippen LogP contribution in [0.5, 0.6) is 0 Å². The molecule has 1 aromatic heterocycles. The van der Waals surface area contributed by atoms with E-state index in [9.17, 15) is 25.2 Å². The molecule has 1 aliphatic carbocycles. The summed E-state index contributed by atoms with van der Waals surface area (Å²) in [5.41, 5.74) is -1.19. The van der Waals surface area contributed by atoms with Crippen LogP contribution >= 0.6 is 0 Å². The molecule has 12 heteroatoms. The number of carbonyl (C=O) groups is 2. The Morgan fingerprint density at radius 2 is 1.75 bits per heavy atom. The average molecular weight is 769 g/mol. The fraction of sp³-hybridized carbons (Fsp3) is 0.591. The van der Waals surface area contributed by atoms with E-state index in [0.717, 1.165) is 33.4 Å². The Labute approximate surface area is 328 Å². The summed E-state index contributed by atoms with van der Waals surface area (Å²) < 4.78 is 11.2. The minimum atomic E-state index is -2.31. The second-order valence-corrected chi connectivity index (χ2v) is 17.7. The molecule has 1 spiro atoms. The lowest BCUT2D eigenvalue weighted by Gasteiger charge is -2.63. The number of anilines is 1. The molecule has 56 heavy (non-hydrogen) atoms. The first kappa shape index (κ1) is 37.8. The number of likely N-dealkylation sites (N-methyl/N-ethyl adjacent to an activating group) is 1. The molecule has 5 N–H and O–H groups in total. The maximum Gasteiger partial charge on any atom is 0.342 e. The summed E-state index contributed by atoms with van der Waals surface area (Å²) in [7, 11) is 4.50. The lowest BCUT2D eigenvalue weighted by Crippen LogP contribution is -2.80. The van der Waals surface area contributed by atoms with E-state index < -0.39 is 51.5 Å². The number of H-pyrrole nitrogens is 1. The summed E-state index contributed by atoms with van der Waals surface area (Å²) in [6.45, 7) is 6.91. The van der Waals surface area contributed by atoms with Crippen molar-refractivity contribution in [3.63, 3.8) is 0 Å². The van der Waals surface area contributed by atoms with Gasteiger partial charge < -0.3 is 39.8 Å². The summed E-state index contributed by atoms with van der Waals surface area (Å²) in [5, 5.41) is 49.7. The van der Waals surface area contributed by atoms with Crippen molar-refractivity contribution in [2.24, 2.45) is 11.3 Å². The van der Waals surface area contributed by atoms with Crippen LogP contribution < -0.4 is 4.90 Å². The number of benzene rings is 2. The van der Waals surface area contributed by atoms with Crippen LogP contribution in [0.15, 0.2) is 48.6 Å². The number of aromatic amines is 1. The minimum absolute atomic E-state index is 0.106. The first-order valence-corrected chi connectivity index (χ1v) is 20.4. The van der Waals surface area contributed by atoms with Crippen molar-refractivity contribution >= 4 is 28.5 Å². The van der Waals surface area contributed by atoms with Crippen LogP contribution in [0.3, 0.4) is 0 Å². The van der Waals surface area contributed by atoms with Crippen molar-refractivity contribution in [3.8, 4) is 0 Å². The molecule has 1 saturated carbocycles. The van der Waals surface area contributed by atoms with E-state index >= 15 is 4.79 Å². The van der Waals surface area contributed by atoms with Gasteiger partial charge in [0, 0.05) is 72.4 Å². The van der Waals surface area contributed by atoms with Crippen LogP contribution in [0.1, 0.15) is 73.9 Å². The Morgan fingerprint density at radius 1 is 0.982 bits per heavy atom. The highest BCUT2D eigenvalue weighted by molar-refractivity contribution is 5.94. The van der Waals surface area contributed by atoms with Crippen molar-refractivity contribution in [1.29, 1.82) is 0 Å². The zero-order chi connectivity index (χ0) is 39.6. The Bertz CT molecular complexity index is 2140. The van der Waals surface area contributed by atoms with Gasteiger partial charge in [-0.05, 0) is 85.4 Å². The summed E-state index contributed by atoms with van der Waals surface area (Å²) >= 11 is 0. The molecule has 10 atom stereocenters. The van der Waals surface area contributed by atoms with E-state index in [1.54, 1.807) is 0 Å². The van der Waals surface area contributed by atoms with Gasteiger partial charge in [0.1, 0.15) is 11.5 Å². The third-order valence-corrected chi connectivity index (χ3v) is 15.4. The van der Waals surface area contributed by atoms with Crippen molar-refractivity contribution in [2.45, 2.75) is 99.2 Å². The third kappa shape index (κ3) is 4.62. The molecular formula is C44H56N4O8. The third-order valence-electron chi connectivity index (χ3n) is 15.4. The van der Waals surface area contributed by atoms with Crippen LogP contribution in [0.4, 0.5) is 5.69 Å². The number of piperidine rings is 1. The topological polar surface area (TPSA) is 159 Å². The van der Waals surface area contributed by atoms with Gasteiger partial charge in [-0.15, -0.1) is 0 Å². The van der Waals surface area contributed by atoms with Crippen LogP contribution in [0.25, 0.3) is 10.9 Å². The molecular weight excluding hydrogens is 713 g/mol. The SMILES string of the molecule is CC[C@]1(O)C[C@@H]2CN(CCc3c([nH]c4ccccc34)[C@@](C(=O)OC)(c3cc4c(cc3CO)N(C)C3C45CCN4CC=C[C@](CC)(C45)[C@@H](O)C3(O)C(=O)OC)C2)C1. The van der Waals surface area contributed by atoms with Gasteiger partial charge in [-0.1, -0.05) is 50.3 Å². The number of rotatable bonds is 6. The van der Waals surface area contributed by atoms with Crippen molar-refractivity contribution < 1.29 is 39.5 Å². The molecule has 5 unspecified atom stereocenters. The van der Waals surface area contributed by atoms with Crippen LogP contribution in [-0.2, 0) is 42.9 Å². The fourth-order valence-electron chi connectivity index (χ4n) is 13.3. The van der Waals surface area contributed by atoms with Crippen LogP contribution in [0.2, 0.25) is 0 Å². The van der Waals surface area contributed by atoms with Crippen LogP contribution in [0, 0.1) is 11.3 Å². The molecule has 2 bridgehead atoms. The standard InChI is InChI=1S/C44H56N4O8/c1-6-40(53)21-26-22-43(38(51)55-4,34-29(13-17-47(23-26)25-40)28-11-8-9-12-32(28)45-34)30-20-31-33(19-27(30)24-49)46(3)36-42(31)15-18-48-16-10-14-41(7-2,35(42)48)37(50)44(36,54)39(52)56-5/h8-12,14,19-20,26,35-37,45,49-50,53-54H,6-7,13,15-18,21-25H2,1-5H3/t26-,35?,36?,37+,40-,41+,42?,43-,44?/m0/s1. The molecule has 300 valence electrons. The number of esters is 2. The molecule has 3 aromatic rings. The van der Waals surface area contributed by atoms with Gasteiger partial charge in [0.2, 0.25) is 5.60 Å². The Morgan fingerprint density at radius 3 is 2.46 bits per heavy atom. The summed E-state index contributed by atoms with van der Waals surface area (Å²) in [6, 6.07) is 10.9. The van der Waals surface area contributed by atoms with E-state index in [4.69, 9.17) is 9.47 Å². The largest absolute Gasteiger partial charge is 0.468 e. The molecule has 0 amide bonds. The van der Waals surface area contributed by atoms with E-state index in [1.165, 1.54) is 14.2 Å². The number of hydrogen-bond acceptors (Lipinski definition) is 11. The fourth-order valence-corrected chi connectivity index (χ4v) is 13.3. The quantitative estimate of drug-likeness (QED) is 0.186. The minimum Gasteiger partial charge on any atom is -0.468 e. The Kier molecular flexibility index (Phi) is 8.68. The number of carbonyl (C=O) groups excluding carboxylic acids is 2. The van der Waals surface area contributed by atoms with Gasteiger partial charge in [0.25, 0.3) is 0 Å². The number of hydrogen-bond donors (Lipinski definition) is 5. The summed E-state index contributed by atoms with van der Waals surface area (Å²) in [6.07, 6.45) is 5.64. The normalized spacial score (nSPS) is 38.5. The maximum atomic E-state index is 15.2. The van der Waals surface area contributed by atoms with Gasteiger partial charge in [-0.2, -0.15) is 0 Å². The smallest absolute Gasteiger partial charge is 0.342 e. The summed E-state index contributed by atoms with van der Waals surface area (Å²) in [5.74, 6) is -1.46. The monoisotopic (exact) mass is 768 g/mol. The lowest BCUT2D eigenvalue weighted by atomic mass is 9.47. The van der Waals surface area contributed by atoms with Crippen LogP contribution in [-0.4, -0.2) is 131 Å². The second-order valence-electron chi connectivity index (χ2n) is 17.7. The number of methoxy groups -OCH3 is 2. The van der Waals surface area contributed by atoms with E-state index in [-0.39, 0.29) is 18.6 Å². The Balaban J connectivity index is 1.36. The van der Waals surface area contributed by atoms with Gasteiger partial charge in [0.15, 0.2) is 0 Å². The van der Waals surface area contributed by atoms with E-state index in [1.807, 2.05) is 62.2 Å². The molecule has 0 radical (unpaired) electrons. The van der Waals surface area contributed by atoms with Gasteiger partial charge >= 0.3 is 11.9 Å². The highest BCUT2D eigenvalue weighted by Gasteiger charge is 2.79. The highest BCUT2D eigenvalue weighted by atomic mass is 16.5. The molecule has 2 saturated heterocycles. The number of ether oxygens (including phenoxy) is 2. The first-order chi connectivity index (χ1) is 26.8. The van der Waals surface area contributed by atoms with E-state index in [2.05, 4.69) is 26.9 Å². The first-order valence-electron chi connectivity index (χ1n) is 20.4. The molecule has 2 aromatic carbocycles. The molecule has 6 aliphatic rings. The zero-order valence-electron chi connectivity index (χ0n) is 33.2. The molecule has 12 nitrogen and oxygen atoms in total. The number of aromatic nitrogens is 1. The van der Waals surface area contributed by atoms with Crippen molar-refractivity contribution in [2.75, 3.05) is 58.9 Å². The molecule has 3 fully saturated rings. The Hall–Kier alpha value is -3.78. The predicted octanol–water partition coefficient (Wildman–Crippen LogP) is 2.90. The zero-order valence-corrected chi connectivity index (χ0v) is 33.2. The average Bonchev–Trinajstić information content (AvgIpc) is 3.87. The number of nitrogens with zero attached hydrogens (tertiary/aromatic N) is 3. The second kappa shape index (κ2) is 12.9. The van der Waals surface area contributed by atoms with Gasteiger partial charge in [-0.3, -0.25) is 14.6 Å². The van der Waals surface area contributed by atoms with Gasteiger partial charge in [-0.25, -0.2) is 4.79 Å². The highest BCUT2D eigenvalue weighted by Crippen LogP contribution is 2.67. The predicted molar refractivity (Wildman–Crippen MR) is 210 cm³/mol. The van der Waals surface area contributed by atoms with Gasteiger partial charge in [0.05, 0.1) is 32.5 Å². The number of aliphatic hydroxyl groups excluding tert-OH is 2. The number of nitrogens with one attached hydrogen (secondary N) is 1.